The zero-order valence-electron chi connectivity index (χ0n) is 13.5. The Balaban J connectivity index is 1.63. The third-order valence-electron chi connectivity index (χ3n) is 4.47. The van der Waals surface area contributed by atoms with Gasteiger partial charge >= 0.3 is 0 Å². The van der Waals surface area contributed by atoms with E-state index >= 15 is 0 Å². The van der Waals surface area contributed by atoms with Crippen molar-refractivity contribution in [3.05, 3.63) is 66.4 Å². The Bertz CT molecular complexity index is 865. The first-order valence-electron chi connectivity index (χ1n) is 8.23. The molecule has 7 heteroatoms. The Labute approximate surface area is 144 Å². The molecule has 3 heterocycles. The van der Waals surface area contributed by atoms with E-state index in [-0.39, 0.29) is 11.6 Å². The first kappa shape index (κ1) is 15.7. The molecule has 0 N–H and O–H groups in total. The monoisotopic (exact) mass is 341 g/mol. The summed E-state index contributed by atoms with van der Waals surface area (Å²) in [6, 6.07) is 9.31. The number of hydrogen-bond acceptors (Lipinski definition) is 4. The largest absolute Gasteiger partial charge is 0.356 e. The van der Waals surface area contributed by atoms with Gasteiger partial charge in [0.25, 0.3) is 0 Å². The van der Waals surface area contributed by atoms with Gasteiger partial charge < -0.3 is 4.90 Å². The van der Waals surface area contributed by atoms with E-state index in [0.29, 0.717) is 5.82 Å². The minimum atomic E-state index is -0.649. The van der Waals surface area contributed by atoms with Gasteiger partial charge in [-0.15, -0.1) is 0 Å². The molecule has 5 nitrogen and oxygen atoms in total. The summed E-state index contributed by atoms with van der Waals surface area (Å²) in [7, 11) is 0. The predicted octanol–water partition coefficient (Wildman–Crippen LogP) is 3.32. The number of nitrogens with zero attached hydrogens (tertiary/aromatic N) is 5. The lowest BCUT2D eigenvalue weighted by molar-refractivity contribution is 0.477. The number of anilines is 1. The molecule has 25 heavy (non-hydrogen) atoms. The van der Waals surface area contributed by atoms with Gasteiger partial charge in [0, 0.05) is 31.3 Å². The van der Waals surface area contributed by atoms with Crippen LogP contribution in [-0.2, 0) is 0 Å². The molecule has 0 bridgehead atoms. The summed E-state index contributed by atoms with van der Waals surface area (Å²) in [5.74, 6) is 0.450. The van der Waals surface area contributed by atoms with Crippen molar-refractivity contribution >= 4 is 5.82 Å². The van der Waals surface area contributed by atoms with Crippen LogP contribution in [0.1, 0.15) is 24.6 Å². The lowest BCUT2D eigenvalue weighted by Crippen LogP contribution is -2.35. The summed E-state index contributed by atoms with van der Waals surface area (Å²) in [5, 5.41) is 4.16. The molecule has 1 aromatic carbocycles. The van der Waals surface area contributed by atoms with Gasteiger partial charge in [-0.1, -0.05) is 6.07 Å². The van der Waals surface area contributed by atoms with Crippen LogP contribution in [0, 0.1) is 11.6 Å². The highest BCUT2D eigenvalue weighted by atomic mass is 19.1. The van der Waals surface area contributed by atoms with Gasteiger partial charge in [0.15, 0.2) is 5.82 Å². The standard InChI is InChI=1S/C18H17F2N5/c19-14-6-7-16(15(20)10-14)25-18(22-12-23-25)13-4-3-9-24(11-13)17-5-1-2-8-21-17/h1-2,5-8,10,12-13H,3-4,9,11H2. The second kappa shape index (κ2) is 6.58. The quantitative estimate of drug-likeness (QED) is 0.733. The Morgan fingerprint density at radius 1 is 1.08 bits per heavy atom. The molecular formula is C18H17F2N5. The first-order valence-corrected chi connectivity index (χ1v) is 8.23. The Kier molecular flexibility index (Phi) is 4.13. The maximum Gasteiger partial charge on any atom is 0.151 e. The van der Waals surface area contributed by atoms with E-state index in [1.54, 1.807) is 6.20 Å². The molecule has 2 aromatic heterocycles. The zero-order valence-corrected chi connectivity index (χ0v) is 13.5. The number of piperidine rings is 1. The highest BCUT2D eigenvalue weighted by Crippen LogP contribution is 2.29. The molecule has 128 valence electrons. The molecule has 1 unspecified atom stereocenters. The maximum atomic E-state index is 14.2. The van der Waals surface area contributed by atoms with E-state index in [0.717, 1.165) is 37.8 Å². The van der Waals surface area contributed by atoms with Crippen LogP contribution < -0.4 is 4.90 Å². The Morgan fingerprint density at radius 3 is 2.80 bits per heavy atom. The number of benzene rings is 1. The molecule has 1 saturated heterocycles. The molecule has 0 amide bonds. The van der Waals surface area contributed by atoms with Gasteiger partial charge in [-0.2, -0.15) is 5.10 Å². The third-order valence-corrected chi connectivity index (χ3v) is 4.47. The van der Waals surface area contributed by atoms with Crippen molar-refractivity contribution in [1.29, 1.82) is 0 Å². The van der Waals surface area contributed by atoms with Gasteiger partial charge in [0.05, 0.1) is 0 Å². The summed E-state index contributed by atoms with van der Waals surface area (Å²) in [5.41, 5.74) is 0.212. The van der Waals surface area contributed by atoms with E-state index in [2.05, 4.69) is 20.0 Å². The van der Waals surface area contributed by atoms with Crippen molar-refractivity contribution in [2.45, 2.75) is 18.8 Å². The van der Waals surface area contributed by atoms with Crippen LogP contribution >= 0.6 is 0 Å². The lowest BCUT2D eigenvalue weighted by Gasteiger charge is -2.33. The van der Waals surface area contributed by atoms with Crippen molar-refractivity contribution < 1.29 is 8.78 Å². The van der Waals surface area contributed by atoms with Gasteiger partial charge in [0.2, 0.25) is 0 Å². The predicted molar refractivity (Wildman–Crippen MR) is 89.7 cm³/mol. The van der Waals surface area contributed by atoms with E-state index < -0.39 is 11.6 Å². The molecular weight excluding hydrogens is 324 g/mol. The van der Waals surface area contributed by atoms with Crippen LogP contribution in [0.5, 0.6) is 0 Å². The summed E-state index contributed by atoms with van der Waals surface area (Å²) < 4.78 is 28.8. The van der Waals surface area contributed by atoms with Gasteiger partial charge in [-0.25, -0.2) is 23.4 Å². The molecule has 3 aromatic rings. The minimum Gasteiger partial charge on any atom is -0.356 e. The second-order valence-electron chi connectivity index (χ2n) is 6.10. The number of halogens is 2. The lowest BCUT2D eigenvalue weighted by atomic mass is 9.97. The van der Waals surface area contributed by atoms with Crippen LogP contribution in [0.3, 0.4) is 0 Å². The fourth-order valence-electron chi connectivity index (χ4n) is 3.30. The van der Waals surface area contributed by atoms with E-state index in [1.807, 2.05) is 18.2 Å². The minimum absolute atomic E-state index is 0.0997. The molecule has 0 aliphatic carbocycles. The summed E-state index contributed by atoms with van der Waals surface area (Å²) in [4.78, 5) is 11.0. The number of hydrogen-bond donors (Lipinski definition) is 0. The summed E-state index contributed by atoms with van der Waals surface area (Å²) in [6.45, 7) is 1.66. The molecule has 0 saturated carbocycles. The van der Waals surface area contributed by atoms with Gasteiger partial charge in [-0.3, -0.25) is 0 Å². The van der Waals surface area contributed by atoms with Crippen molar-refractivity contribution in [2.75, 3.05) is 18.0 Å². The first-order chi connectivity index (χ1) is 12.2. The van der Waals surface area contributed by atoms with E-state index in [9.17, 15) is 8.78 Å². The normalized spacial score (nSPS) is 17.7. The van der Waals surface area contributed by atoms with Crippen LogP contribution in [0.15, 0.2) is 48.9 Å². The SMILES string of the molecule is Fc1ccc(-n2ncnc2C2CCCN(c3ccccn3)C2)c(F)c1. The summed E-state index contributed by atoms with van der Waals surface area (Å²) >= 11 is 0. The molecule has 1 fully saturated rings. The number of pyridine rings is 1. The van der Waals surface area contributed by atoms with Gasteiger partial charge in [-0.05, 0) is 37.1 Å². The highest BCUT2D eigenvalue weighted by molar-refractivity contribution is 5.40. The maximum absolute atomic E-state index is 14.2. The summed E-state index contributed by atoms with van der Waals surface area (Å²) in [6.07, 6.45) is 5.11. The molecule has 4 rings (SSSR count). The smallest absolute Gasteiger partial charge is 0.151 e. The van der Waals surface area contributed by atoms with Crippen molar-refractivity contribution in [2.24, 2.45) is 0 Å². The Hall–Kier alpha value is -2.83. The molecule has 1 atom stereocenters. The second-order valence-corrected chi connectivity index (χ2v) is 6.10. The topological polar surface area (TPSA) is 46.8 Å². The fraction of sp³-hybridized carbons (Fsp3) is 0.278. The zero-order chi connectivity index (χ0) is 17.2. The average Bonchev–Trinajstić information content (AvgIpc) is 3.12. The van der Waals surface area contributed by atoms with Crippen LogP contribution in [-0.4, -0.2) is 32.8 Å². The van der Waals surface area contributed by atoms with Crippen molar-refractivity contribution in [3.8, 4) is 5.69 Å². The highest BCUT2D eigenvalue weighted by Gasteiger charge is 2.27. The fourth-order valence-corrected chi connectivity index (χ4v) is 3.30. The number of rotatable bonds is 3. The molecule has 1 aliphatic heterocycles. The Morgan fingerprint density at radius 2 is 2.00 bits per heavy atom. The number of aromatic nitrogens is 4. The van der Waals surface area contributed by atoms with Crippen LogP contribution in [0.25, 0.3) is 5.69 Å². The third kappa shape index (κ3) is 3.09. The molecule has 0 radical (unpaired) electrons. The van der Waals surface area contributed by atoms with Crippen LogP contribution in [0.2, 0.25) is 0 Å². The van der Waals surface area contributed by atoms with E-state index in [4.69, 9.17) is 0 Å². The molecule has 1 aliphatic rings. The van der Waals surface area contributed by atoms with Gasteiger partial charge in [0.1, 0.15) is 29.5 Å². The van der Waals surface area contributed by atoms with E-state index in [1.165, 1.54) is 23.1 Å². The van der Waals surface area contributed by atoms with Crippen molar-refractivity contribution in [1.82, 2.24) is 19.7 Å². The average molecular weight is 341 g/mol. The van der Waals surface area contributed by atoms with Crippen molar-refractivity contribution in [3.63, 3.8) is 0 Å². The van der Waals surface area contributed by atoms with Crippen LogP contribution in [0.4, 0.5) is 14.6 Å². The molecule has 0 spiro atoms.